The van der Waals surface area contributed by atoms with Gasteiger partial charge in [-0.2, -0.15) is 0 Å². The predicted octanol–water partition coefficient (Wildman–Crippen LogP) is 5.18. The van der Waals surface area contributed by atoms with Crippen LogP contribution in [0.1, 0.15) is 16.7 Å². The van der Waals surface area contributed by atoms with Crippen molar-refractivity contribution in [3.63, 3.8) is 0 Å². The van der Waals surface area contributed by atoms with Gasteiger partial charge in [-0.3, -0.25) is 4.90 Å². The average molecular weight is 478 g/mol. The lowest BCUT2D eigenvalue weighted by Crippen LogP contribution is -2.27. The van der Waals surface area contributed by atoms with E-state index in [1.807, 2.05) is 31.2 Å². The van der Waals surface area contributed by atoms with Crippen LogP contribution in [0.2, 0.25) is 0 Å². The molecule has 0 bridgehead atoms. The van der Waals surface area contributed by atoms with Crippen molar-refractivity contribution in [2.45, 2.75) is 20.5 Å². The van der Waals surface area contributed by atoms with E-state index in [0.29, 0.717) is 17.1 Å². The molecule has 3 N–H and O–H groups in total. The Balaban J connectivity index is 1.51. The summed E-state index contributed by atoms with van der Waals surface area (Å²) in [6, 6.07) is 19.0. The highest BCUT2D eigenvalue weighted by atomic mass is 16.6. The standard InChI is InChI=1S/C26H27N3O6/c1-17-6-4-5-7-22(17)28-25(32)27-20-9-11-21(12-10-20)29(3)26(33)35-15-19-8-13-23(18(2)14-19)34-16-24(30)31/h4-14H,15-16H2,1-3H3,(H,30,31)(H2,27,28,32). The SMILES string of the molecule is Cc1ccccc1NC(=O)Nc1ccc(N(C)C(=O)OCc2ccc(OCC(=O)O)c(C)c2)cc1. The Labute approximate surface area is 203 Å². The van der Waals surface area contributed by atoms with Crippen LogP contribution in [0.3, 0.4) is 0 Å². The second-order valence-electron chi connectivity index (χ2n) is 7.84. The van der Waals surface area contributed by atoms with Crippen molar-refractivity contribution >= 4 is 35.2 Å². The number of rotatable bonds is 8. The van der Waals surface area contributed by atoms with Crippen LogP contribution in [0, 0.1) is 13.8 Å². The number of urea groups is 1. The van der Waals surface area contributed by atoms with E-state index in [-0.39, 0.29) is 12.6 Å². The number of aryl methyl sites for hydroxylation is 2. The third-order valence-electron chi connectivity index (χ3n) is 5.13. The van der Waals surface area contributed by atoms with Crippen LogP contribution in [-0.2, 0) is 16.1 Å². The van der Waals surface area contributed by atoms with Gasteiger partial charge < -0.3 is 25.2 Å². The summed E-state index contributed by atoms with van der Waals surface area (Å²) in [4.78, 5) is 36.7. The maximum Gasteiger partial charge on any atom is 0.414 e. The molecule has 3 amide bonds. The van der Waals surface area contributed by atoms with Crippen molar-refractivity contribution in [3.8, 4) is 5.75 Å². The molecule has 0 heterocycles. The maximum atomic E-state index is 12.5. The molecule has 3 rings (SSSR count). The molecule has 35 heavy (non-hydrogen) atoms. The molecule has 182 valence electrons. The van der Waals surface area contributed by atoms with Crippen molar-refractivity contribution in [2.75, 3.05) is 29.2 Å². The minimum absolute atomic E-state index is 0.0436. The van der Waals surface area contributed by atoms with E-state index in [2.05, 4.69) is 10.6 Å². The first-order chi connectivity index (χ1) is 16.7. The molecule has 3 aromatic rings. The molecule has 0 saturated carbocycles. The smallest absolute Gasteiger partial charge is 0.414 e. The number of hydrogen-bond donors (Lipinski definition) is 3. The van der Waals surface area contributed by atoms with Crippen LogP contribution in [0.15, 0.2) is 66.7 Å². The van der Waals surface area contributed by atoms with Crippen molar-refractivity contribution in [3.05, 3.63) is 83.4 Å². The first-order valence-corrected chi connectivity index (χ1v) is 10.8. The average Bonchev–Trinajstić information content (AvgIpc) is 2.83. The largest absolute Gasteiger partial charge is 0.482 e. The van der Waals surface area contributed by atoms with Gasteiger partial charge in [0.1, 0.15) is 12.4 Å². The summed E-state index contributed by atoms with van der Waals surface area (Å²) in [6.07, 6.45) is -0.549. The van der Waals surface area contributed by atoms with Gasteiger partial charge in [0.2, 0.25) is 0 Å². The van der Waals surface area contributed by atoms with E-state index in [9.17, 15) is 14.4 Å². The van der Waals surface area contributed by atoms with E-state index < -0.39 is 18.7 Å². The van der Waals surface area contributed by atoms with Crippen LogP contribution in [0.25, 0.3) is 0 Å². The summed E-state index contributed by atoms with van der Waals surface area (Å²) in [5.74, 6) is -0.597. The van der Waals surface area contributed by atoms with E-state index in [1.54, 1.807) is 56.4 Å². The topological polar surface area (TPSA) is 117 Å². The monoisotopic (exact) mass is 477 g/mol. The van der Waals surface area contributed by atoms with Crippen molar-refractivity contribution in [1.29, 1.82) is 0 Å². The molecule has 0 unspecified atom stereocenters. The fourth-order valence-electron chi connectivity index (χ4n) is 3.22. The third kappa shape index (κ3) is 7.23. The number of carbonyl (C=O) groups excluding carboxylic acids is 2. The molecule has 9 heteroatoms. The van der Waals surface area contributed by atoms with Gasteiger partial charge in [0.15, 0.2) is 6.61 Å². The lowest BCUT2D eigenvalue weighted by molar-refractivity contribution is -0.139. The van der Waals surface area contributed by atoms with E-state index in [1.165, 1.54) is 4.90 Å². The van der Waals surface area contributed by atoms with Crippen LogP contribution in [0.4, 0.5) is 26.7 Å². The molecule has 3 aromatic carbocycles. The third-order valence-corrected chi connectivity index (χ3v) is 5.13. The number of benzene rings is 3. The molecule has 0 fully saturated rings. The fraction of sp³-hybridized carbons (Fsp3) is 0.192. The summed E-state index contributed by atoms with van der Waals surface area (Å²) < 4.78 is 10.6. The summed E-state index contributed by atoms with van der Waals surface area (Å²) in [5, 5.41) is 14.3. The molecule has 0 atom stereocenters. The minimum Gasteiger partial charge on any atom is -0.482 e. The second-order valence-corrected chi connectivity index (χ2v) is 7.84. The van der Waals surface area contributed by atoms with E-state index in [0.717, 1.165) is 22.4 Å². The Bertz CT molecular complexity index is 1210. The zero-order valence-electron chi connectivity index (χ0n) is 19.7. The number of anilines is 3. The quantitative estimate of drug-likeness (QED) is 0.411. The number of amides is 3. The summed E-state index contributed by atoms with van der Waals surface area (Å²) >= 11 is 0. The van der Waals surface area contributed by atoms with Gasteiger partial charge in [0.05, 0.1) is 0 Å². The highest BCUT2D eigenvalue weighted by Crippen LogP contribution is 2.21. The molecular weight excluding hydrogens is 450 g/mol. The number of aliphatic carboxylic acids is 1. The van der Waals surface area contributed by atoms with Crippen LogP contribution in [-0.4, -0.2) is 36.9 Å². The van der Waals surface area contributed by atoms with Gasteiger partial charge in [0, 0.05) is 24.1 Å². The molecule has 0 aliphatic carbocycles. The van der Waals surface area contributed by atoms with Crippen LogP contribution in [0.5, 0.6) is 5.75 Å². The predicted molar refractivity (Wildman–Crippen MR) is 133 cm³/mol. The van der Waals surface area contributed by atoms with Gasteiger partial charge in [0.25, 0.3) is 0 Å². The Kier molecular flexibility index (Phi) is 8.29. The lowest BCUT2D eigenvalue weighted by Gasteiger charge is -2.18. The number of nitrogens with one attached hydrogen (secondary N) is 2. The number of ether oxygens (including phenoxy) is 2. The van der Waals surface area contributed by atoms with Gasteiger partial charge in [-0.05, 0) is 73.0 Å². The normalized spacial score (nSPS) is 10.3. The number of carboxylic acid groups (broad SMARTS) is 1. The van der Waals surface area contributed by atoms with Crippen molar-refractivity contribution in [1.82, 2.24) is 0 Å². The van der Waals surface area contributed by atoms with Gasteiger partial charge >= 0.3 is 18.1 Å². The van der Waals surface area contributed by atoms with Crippen LogP contribution < -0.4 is 20.3 Å². The minimum atomic E-state index is -1.06. The molecule has 0 aromatic heterocycles. The first-order valence-electron chi connectivity index (χ1n) is 10.8. The van der Waals surface area contributed by atoms with Crippen molar-refractivity contribution in [2.24, 2.45) is 0 Å². The van der Waals surface area contributed by atoms with E-state index >= 15 is 0 Å². The fourth-order valence-corrected chi connectivity index (χ4v) is 3.22. The summed E-state index contributed by atoms with van der Waals surface area (Å²) in [5.41, 5.74) is 4.32. The van der Waals surface area contributed by atoms with E-state index in [4.69, 9.17) is 14.6 Å². The van der Waals surface area contributed by atoms with Gasteiger partial charge in [-0.25, -0.2) is 14.4 Å². The molecular formula is C26H27N3O6. The molecule has 0 aliphatic rings. The van der Waals surface area contributed by atoms with Crippen LogP contribution >= 0.6 is 0 Å². The zero-order chi connectivity index (χ0) is 25.4. The Morgan fingerprint density at radius 2 is 1.63 bits per heavy atom. The van der Waals surface area contributed by atoms with Crippen molar-refractivity contribution < 1.29 is 29.0 Å². The lowest BCUT2D eigenvalue weighted by atomic mass is 10.1. The zero-order valence-corrected chi connectivity index (χ0v) is 19.7. The Morgan fingerprint density at radius 3 is 2.29 bits per heavy atom. The molecule has 0 saturated heterocycles. The van der Waals surface area contributed by atoms with Gasteiger partial charge in [-0.15, -0.1) is 0 Å². The first kappa shape index (κ1) is 25.1. The number of carbonyl (C=O) groups is 3. The summed E-state index contributed by atoms with van der Waals surface area (Å²) in [6.45, 7) is 3.31. The molecule has 0 aliphatic heterocycles. The number of para-hydroxylation sites is 1. The number of hydrogen-bond acceptors (Lipinski definition) is 5. The number of carboxylic acids is 1. The Morgan fingerprint density at radius 1 is 0.914 bits per heavy atom. The molecule has 0 spiro atoms. The summed E-state index contributed by atoms with van der Waals surface area (Å²) in [7, 11) is 1.59. The van der Waals surface area contributed by atoms with Gasteiger partial charge in [-0.1, -0.05) is 24.3 Å². The highest BCUT2D eigenvalue weighted by molar-refractivity contribution is 6.00. The molecule has 9 nitrogen and oxygen atoms in total. The molecule has 0 radical (unpaired) electrons. The second kappa shape index (κ2) is 11.6. The Hall–Kier alpha value is -4.53. The number of nitrogens with zero attached hydrogens (tertiary/aromatic N) is 1. The maximum absolute atomic E-state index is 12.5. The highest BCUT2D eigenvalue weighted by Gasteiger charge is 2.14.